The highest BCUT2D eigenvalue weighted by molar-refractivity contribution is 5.87. The van der Waals surface area contributed by atoms with Gasteiger partial charge in [-0.25, -0.2) is 4.79 Å². The molecule has 0 saturated heterocycles. The van der Waals surface area contributed by atoms with Crippen LogP contribution in [0.2, 0.25) is 0 Å². The monoisotopic (exact) mass is 419 g/mol. The maximum atomic E-state index is 12.4. The van der Waals surface area contributed by atoms with Crippen LogP contribution in [0.15, 0.2) is 30.3 Å². The van der Waals surface area contributed by atoms with Gasteiger partial charge in [-0.2, -0.15) is 0 Å². The standard InChI is InChI=1S/C23H37N3O4/c1-18(2)21(22(28)25-16-19(3)27)26(4)15-11-6-5-10-14-24-23(29)30-17-20-12-8-7-9-13-20/h7-9,12-13,18,21H,5-6,10-11,14-17H2,1-4H3,(H,24,29)(H,25,28). The van der Waals surface area contributed by atoms with Crippen molar-refractivity contribution in [3.63, 3.8) is 0 Å². The Morgan fingerprint density at radius 2 is 1.67 bits per heavy atom. The molecule has 0 aliphatic rings. The van der Waals surface area contributed by atoms with E-state index < -0.39 is 6.09 Å². The molecule has 0 aromatic heterocycles. The summed E-state index contributed by atoms with van der Waals surface area (Å²) in [6.45, 7) is 7.24. The number of benzene rings is 1. The predicted molar refractivity (Wildman–Crippen MR) is 118 cm³/mol. The first-order valence-electron chi connectivity index (χ1n) is 10.7. The van der Waals surface area contributed by atoms with E-state index in [0.717, 1.165) is 37.8 Å². The van der Waals surface area contributed by atoms with E-state index in [1.165, 1.54) is 6.92 Å². The number of ketones is 1. The average Bonchev–Trinajstić information content (AvgIpc) is 2.70. The fourth-order valence-electron chi connectivity index (χ4n) is 3.27. The molecule has 7 heteroatoms. The van der Waals surface area contributed by atoms with Crippen LogP contribution in [-0.4, -0.2) is 55.4 Å². The highest BCUT2D eigenvalue weighted by Gasteiger charge is 2.26. The fourth-order valence-corrected chi connectivity index (χ4v) is 3.27. The second-order valence-corrected chi connectivity index (χ2v) is 7.99. The van der Waals surface area contributed by atoms with E-state index in [1.54, 1.807) is 0 Å². The molecule has 1 unspecified atom stereocenters. The van der Waals surface area contributed by atoms with Gasteiger partial charge in [0.25, 0.3) is 0 Å². The van der Waals surface area contributed by atoms with Crippen LogP contribution < -0.4 is 10.6 Å². The summed E-state index contributed by atoms with van der Waals surface area (Å²) in [7, 11) is 1.95. The molecule has 2 amide bonds. The number of Topliss-reactive ketones (excluding diaryl/α,β-unsaturated/α-hetero) is 1. The molecule has 0 bridgehead atoms. The van der Waals surface area contributed by atoms with E-state index in [2.05, 4.69) is 15.5 Å². The molecule has 0 saturated carbocycles. The largest absolute Gasteiger partial charge is 0.445 e. The topological polar surface area (TPSA) is 87.7 Å². The SMILES string of the molecule is CC(=O)CNC(=O)C(C(C)C)N(C)CCCCCCNC(=O)OCc1ccccc1. The van der Waals surface area contributed by atoms with Crippen molar-refractivity contribution in [2.24, 2.45) is 5.92 Å². The van der Waals surface area contributed by atoms with Crippen LogP contribution in [0.1, 0.15) is 52.0 Å². The molecule has 0 spiro atoms. The Labute approximate surface area is 180 Å². The number of carbonyl (C=O) groups is 3. The molecule has 2 N–H and O–H groups in total. The van der Waals surface area contributed by atoms with E-state index >= 15 is 0 Å². The summed E-state index contributed by atoms with van der Waals surface area (Å²) in [5.74, 6) is 0.0139. The summed E-state index contributed by atoms with van der Waals surface area (Å²) in [6, 6.07) is 9.34. The first-order chi connectivity index (χ1) is 14.3. The zero-order valence-corrected chi connectivity index (χ0v) is 18.8. The smallest absolute Gasteiger partial charge is 0.407 e. The Balaban J connectivity index is 2.14. The quantitative estimate of drug-likeness (QED) is 0.452. The molecule has 30 heavy (non-hydrogen) atoms. The Kier molecular flexibility index (Phi) is 12.4. The molecule has 0 radical (unpaired) electrons. The normalized spacial score (nSPS) is 11.9. The number of likely N-dealkylation sites (N-methyl/N-ethyl adjacent to an activating group) is 1. The molecule has 0 aliphatic heterocycles. The lowest BCUT2D eigenvalue weighted by Crippen LogP contribution is -2.49. The fraction of sp³-hybridized carbons (Fsp3) is 0.609. The Bertz CT molecular complexity index is 649. The van der Waals surface area contributed by atoms with Crippen molar-refractivity contribution in [1.82, 2.24) is 15.5 Å². The summed E-state index contributed by atoms with van der Waals surface area (Å²) >= 11 is 0. The number of ether oxygens (including phenoxy) is 1. The van der Waals surface area contributed by atoms with Gasteiger partial charge in [0.15, 0.2) is 0 Å². The summed E-state index contributed by atoms with van der Waals surface area (Å²) in [5, 5.41) is 5.48. The molecule has 0 fully saturated rings. The lowest BCUT2D eigenvalue weighted by atomic mass is 10.0. The molecule has 1 rings (SSSR count). The minimum Gasteiger partial charge on any atom is -0.445 e. The summed E-state index contributed by atoms with van der Waals surface area (Å²) in [5.41, 5.74) is 0.964. The van der Waals surface area contributed by atoms with Crippen molar-refractivity contribution in [2.45, 2.75) is 59.1 Å². The number of unbranched alkanes of at least 4 members (excludes halogenated alkanes) is 3. The lowest BCUT2D eigenvalue weighted by Gasteiger charge is -2.30. The third-order valence-electron chi connectivity index (χ3n) is 4.81. The summed E-state index contributed by atoms with van der Waals surface area (Å²) < 4.78 is 5.18. The van der Waals surface area contributed by atoms with Crippen LogP contribution in [0.25, 0.3) is 0 Å². The number of hydrogen-bond acceptors (Lipinski definition) is 5. The van der Waals surface area contributed by atoms with Gasteiger partial charge in [0.2, 0.25) is 5.91 Å². The molecule has 1 aromatic rings. The predicted octanol–water partition coefficient (Wildman–Crippen LogP) is 3.13. The molecule has 168 valence electrons. The zero-order valence-electron chi connectivity index (χ0n) is 18.8. The van der Waals surface area contributed by atoms with Crippen LogP contribution in [0, 0.1) is 5.92 Å². The molecular formula is C23H37N3O4. The molecular weight excluding hydrogens is 382 g/mol. The molecule has 0 heterocycles. The molecule has 1 atom stereocenters. The van der Waals surface area contributed by atoms with Crippen molar-refractivity contribution in [3.05, 3.63) is 35.9 Å². The van der Waals surface area contributed by atoms with E-state index in [1.807, 2.05) is 51.2 Å². The maximum absolute atomic E-state index is 12.4. The Morgan fingerprint density at radius 3 is 2.30 bits per heavy atom. The second-order valence-electron chi connectivity index (χ2n) is 7.99. The Hall–Kier alpha value is -2.41. The molecule has 0 aliphatic carbocycles. The van der Waals surface area contributed by atoms with Crippen molar-refractivity contribution < 1.29 is 19.1 Å². The van der Waals surface area contributed by atoms with E-state index in [0.29, 0.717) is 6.54 Å². The van der Waals surface area contributed by atoms with Gasteiger partial charge in [0, 0.05) is 6.54 Å². The average molecular weight is 420 g/mol. The third kappa shape index (κ3) is 11.0. The van der Waals surface area contributed by atoms with Crippen LogP contribution in [0.4, 0.5) is 4.79 Å². The third-order valence-corrected chi connectivity index (χ3v) is 4.81. The van der Waals surface area contributed by atoms with E-state index in [-0.39, 0.29) is 36.8 Å². The van der Waals surface area contributed by atoms with Crippen LogP contribution in [-0.2, 0) is 20.9 Å². The number of nitrogens with one attached hydrogen (secondary N) is 2. The van der Waals surface area contributed by atoms with Crippen molar-refractivity contribution in [3.8, 4) is 0 Å². The maximum Gasteiger partial charge on any atom is 0.407 e. The van der Waals surface area contributed by atoms with Gasteiger partial charge in [-0.05, 0) is 44.8 Å². The van der Waals surface area contributed by atoms with Gasteiger partial charge in [-0.3, -0.25) is 14.5 Å². The first-order valence-corrected chi connectivity index (χ1v) is 10.7. The van der Waals surface area contributed by atoms with Crippen LogP contribution in [0.5, 0.6) is 0 Å². The molecule has 1 aromatic carbocycles. The number of carbonyl (C=O) groups excluding carboxylic acids is 3. The number of hydrogen-bond donors (Lipinski definition) is 2. The van der Waals surface area contributed by atoms with Gasteiger partial charge >= 0.3 is 6.09 Å². The minimum atomic E-state index is -0.394. The van der Waals surface area contributed by atoms with Gasteiger partial charge in [0.1, 0.15) is 12.4 Å². The van der Waals surface area contributed by atoms with Gasteiger partial charge in [-0.1, -0.05) is 57.0 Å². The van der Waals surface area contributed by atoms with Crippen LogP contribution >= 0.6 is 0 Å². The number of rotatable bonds is 14. The summed E-state index contributed by atoms with van der Waals surface area (Å²) in [6.07, 6.45) is 3.48. The van der Waals surface area contributed by atoms with Gasteiger partial charge < -0.3 is 15.4 Å². The summed E-state index contributed by atoms with van der Waals surface area (Å²) in [4.78, 5) is 37.2. The van der Waals surface area contributed by atoms with Crippen molar-refractivity contribution in [2.75, 3.05) is 26.7 Å². The number of nitrogens with zero attached hydrogens (tertiary/aromatic N) is 1. The van der Waals surface area contributed by atoms with Gasteiger partial charge in [0.05, 0.1) is 12.6 Å². The Morgan fingerprint density at radius 1 is 1.00 bits per heavy atom. The first kappa shape index (κ1) is 25.6. The number of alkyl carbamates (subject to hydrolysis) is 1. The van der Waals surface area contributed by atoms with Crippen LogP contribution in [0.3, 0.4) is 0 Å². The zero-order chi connectivity index (χ0) is 22.4. The lowest BCUT2D eigenvalue weighted by molar-refractivity contribution is -0.129. The van der Waals surface area contributed by atoms with Crippen molar-refractivity contribution in [1.29, 1.82) is 0 Å². The van der Waals surface area contributed by atoms with E-state index in [9.17, 15) is 14.4 Å². The molecule has 7 nitrogen and oxygen atoms in total. The minimum absolute atomic E-state index is 0.0499. The highest BCUT2D eigenvalue weighted by atomic mass is 16.5. The van der Waals surface area contributed by atoms with Crippen molar-refractivity contribution >= 4 is 17.8 Å². The second kappa shape index (κ2) is 14.6. The van der Waals surface area contributed by atoms with Gasteiger partial charge in [-0.15, -0.1) is 0 Å². The number of amides is 2. The van der Waals surface area contributed by atoms with E-state index in [4.69, 9.17) is 4.74 Å². The highest BCUT2D eigenvalue weighted by Crippen LogP contribution is 2.11.